The van der Waals surface area contributed by atoms with Crippen molar-refractivity contribution in [2.75, 3.05) is 20.0 Å². The maximum absolute atomic E-state index is 9.95. The summed E-state index contributed by atoms with van der Waals surface area (Å²) < 4.78 is 6.18. The van der Waals surface area contributed by atoms with E-state index in [0.717, 1.165) is 0 Å². The zero-order chi connectivity index (χ0) is 4.41. The summed E-state index contributed by atoms with van der Waals surface area (Å²) in [6.45, 7) is 1.20. The summed E-state index contributed by atoms with van der Waals surface area (Å²) in [5.41, 5.74) is 0. The van der Waals surface area contributed by atoms with Crippen molar-refractivity contribution in [2.45, 2.75) is 0 Å². The molecule has 0 aromatic carbocycles. The van der Waals surface area contributed by atoms with Gasteiger partial charge in [-0.2, -0.15) is 0 Å². The fraction of sp³-hybridized carbons (Fsp3) is 1.00. The first-order valence-corrected chi connectivity index (χ1v) is 1.82. The average molecular weight is 90.1 g/mol. The molecule has 0 saturated carbocycles. The topological polar surface area (TPSA) is 35.0 Å². The van der Waals surface area contributed by atoms with Crippen molar-refractivity contribution in [3.63, 3.8) is 0 Å². The van der Waals surface area contributed by atoms with Crippen molar-refractivity contribution in [2.24, 2.45) is 0 Å². The van der Waals surface area contributed by atoms with Crippen molar-refractivity contribution < 1.29 is 14.5 Å². The molecule has 1 aliphatic rings. The minimum absolute atomic E-state index is 0.181. The molecule has 3 heteroatoms. The van der Waals surface area contributed by atoms with Crippen LogP contribution in [0.4, 0.5) is 0 Å². The predicted octanol–water partition coefficient (Wildman–Crippen LogP) is -1.20. The predicted molar refractivity (Wildman–Crippen MR) is 16.8 cm³/mol. The van der Waals surface area contributed by atoms with Crippen molar-refractivity contribution in [1.82, 2.24) is 0 Å². The summed E-state index contributed by atoms with van der Waals surface area (Å²) in [4.78, 5) is 0. The van der Waals surface area contributed by atoms with E-state index in [-0.39, 0.29) is 6.79 Å². The fourth-order valence-electron chi connectivity index (χ4n) is 0.363. The second-order valence-electron chi connectivity index (χ2n) is 1.17. The maximum Gasteiger partial charge on any atom is 0.261 e. The Kier molecular flexibility index (Phi) is 1.05. The van der Waals surface area contributed by atoms with E-state index in [9.17, 15) is 5.26 Å². The quantitative estimate of drug-likeness (QED) is 0.276. The molecule has 1 aliphatic heterocycles. The van der Waals surface area contributed by atoms with Gasteiger partial charge in [-0.15, -0.1) is 0 Å². The molecule has 0 unspecified atom stereocenters. The van der Waals surface area contributed by atoms with Crippen LogP contribution in [0.1, 0.15) is 0 Å². The zero-order valence-corrected chi connectivity index (χ0v) is 3.35. The molecular formula is C3H6O3. The lowest BCUT2D eigenvalue weighted by Gasteiger charge is -2.08. The van der Waals surface area contributed by atoms with Crippen molar-refractivity contribution in [3.05, 3.63) is 0 Å². The van der Waals surface area contributed by atoms with E-state index in [1.807, 2.05) is 0 Å². The van der Waals surface area contributed by atoms with Crippen molar-refractivity contribution >= 4 is 0 Å². The first-order chi connectivity index (χ1) is 2.89. The summed E-state index contributed by atoms with van der Waals surface area (Å²) in [5, 5.41) is 9.95. The fourth-order valence-corrected chi connectivity index (χ4v) is 0.363. The molecule has 0 radical (unpaired) electrons. The Balaban J connectivity index is 2.18. The van der Waals surface area contributed by atoms with Gasteiger partial charge in [-0.05, 0) is 0 Å². The van der Waals surface area contributed by atoms with Gasteiger partial charge in [0.2, 0.25) is 0 Å². The monoisotopic (exact) mass is 90.0 g/mol. The van der Waals surface area contributed by atoms with Gasteiger partial charge in [0.25, 0.3) is 6.79 Å². The Morgan fingerprint density at radius 2 is 2.50 bits per heavy atom. The zero-order valence-electron chi connectivity index (χ0n) is 3.35. The van der Waals surface area contributed by atoms with E-state index in [1.165, 1.54) is 0 Å². The van der Waals surface area contributed by atoms with E-state index >= 15 is 0 Å². The Bertz CT molecular complexity index is 39.3. The van der Waals surface area contributed by atoms with Crippen LogP contribution in [0.3, 0.4) is 0 Å². The number of ether oxygens (including phenoxy) is 1. The Labute approximate surface area is 35.7 Å². The molecule has 1 fully saturated rings. The number of hydrogen-bond acceptors (Lipinski definition) is 2. The standard InChI is InChI=1S/C3H6O3/c4-6-2-1-5-3-6/h1-3H2. The molecule has 1 saturated heterocycles. The summed E-state index contributed by atoms with van der Waals surface area (Å²) in [6, 6.07) is 0. The molecule has 0 amide bonds. The molecule has 1 rings (SSSR count). The third kappa shape index (κ3) is 0.680. The normalized spacial score (nSPS) is 25.5. The number of hydrogen-bond donors (Lipinski definition) is 0. The Morgan fingerprint density at radius 3 is 2.67 bits per heavy atom. The maximum atomic E-state index is 9.95. The minimum Gasteiger partial charge on any atom is -0.532 e. The van der Waals surface area contributed by atoms with E-state index < -0.39 is 0 Å². The molecule has 1 heterocycles. The van der Waals surface area contributed by atoms with Crippen LogP contribution in [0.25, 0.3) is 0 Å². The van der Waals surface area contributed by atoms with E-state index in [2.05, 4.69) is 4.74 Å². The molecular weight excluding hydrogens is 84.0 g/mol. The summed E-state index contributed by atoms with van der Waals surface area (Å²) in [7, 11) is 0. The van der Waals surface area contributed by atoms with Gasteiger partial charge in [0.15, 0.2) is 6.61 Å². The highest BCUT2D eigenvalue weighted by atomic mass is 17.3. The van der Waals surface area contributed by atoms with Crippen LogP contribution in [-0.2, 0) is 9.25 Å². The molecule has 0 aliphatic carbocycles. The van der Waals surface area contributed by atoms with Crippen LogP contribution in [0.15, 0.2) is 0 Å². The number of rotatable bonds is 0. The van der Waals surface area contributed by atoms with Gasteiger partial charge in [0.1, 0.15) is 6.61 Å². The van der Waals surface area contributed by atoms with E-state index in [1.54, 1.807) is 4.52 Å². The molecule has 6 heavy (non-hydrogen) atoms. The van der Waals surface area contributed by atoms with Gasteiger partial charge in [-0.3, -0.25) is 0 Å². The lowest BCUT2D eigenvalue weighted by Crippen LogP contribution is -2.22. The van der Waals surface area contributed by atoms with Crippen LogP contribution in [0, 0.1) is 0 Å². The van der Waals surface area contributed by atoms with Gasteiger partial charge in [0.05, 0.1) is 0 Å². The van der Waals surface area contributed by atoms with Crippen molar-refractivity contribution in [1.29, 1.82) is 0 Å². The van der Waals surface area contributed by atoms with Crippen molar-refractivity contribution in [3.8, 4) is 0 Å². The highest BCUT2D eigenvalue weighted by molar-refractivity contribution is 4.31. The SMILES string of the molecule is [O-][O+]1CCOC1. The lowest BCUT2D eigenvalue weighted by atomic mass is 10.8. The molecule has 0 spiro atoms. The van der Waals surface area contributed by atoms with Crippen LogP contribution in [0.5, 0.6) is 0 Å². The second kappa shape index (κ2) is 1.55. The van der Waals surface area contributed by atoms with Crippen LogP contribution >= 0.6 is 0 Å². The average Bonchev–Trinajstić information content (AvgIpc) is 1.86. The van der Waals surface area contributed by atoms with Gasteiger partial charge >= 0.3 is 0 Å². The first kappa shape index (κ1) is 4.05. The first-order valence-electron chi connectivity index (χ1n) is 1.82. The summed E-state index contributed by atoms with van der Waals surface area (Å²) >= 11 is 0. The molecule has 0 bridgehead atoms. The third-order valence-electron chi connectivity index (χ3n) is 0.670. The molecule has 0 aromatic heterocycles. The van der Waals surface area contributed by atoms with Gasteiger partial charge in [-0.1, -0.05) is 0 Å². The van der Waals surface area contributed by atoms with E-state index in [0.29, 0.717) is 13.2 Å². The Hall–Kier alpha value is -0.120. The van der Waals surface area contributed by atoms with Crippen LogP contribution in [0.2, 0.25) is 0 Å². The lowest BCUT2D eigenvalue weighted by molar-refractivity contribution is -0.793. The minimum atomic E-state index is 0.181. The van der Waals surface area contributed by atoms with Gasteiger partial charge in [0, 0.05) is 0 Å². The summed E-state index contributed by atoms with van der Waals surface area (Å²) in [6.07, 6.45) is 0. The molecule has 36 valence electrons. The third-order valence-corrected chi connectivity index (χ3v) is 0.670. The molecule has 0 aromatic rings. The largest absolute Gasteiger partial charge is 0.532 e. The summed E-state index contributed by atoms with van der Waals surface area (Å²) in [5.74, 6) is 0. The second-order valence-corrected chi connectivity index (χ2v) is 1.17. The Morgan fingerprint density at radius 1 is 1.67 bits per heavy atom. The smallest absolute Gasteiger partial charge is 0.261 e. The molecule has 0 atom stereocenters. The van der Waals surface area contributed by atoms with Gasteiger partial charge < -0.3 is 14.5 Å². The van der Waals surface area contributed by atoms with E-state index in [4.69, 9.17) is 0 Å². The van der Waals surface area contributed by atoms with Gasteiger partial charge in [-0.25, -0.2) is 0 Å². The van der Waals surface area contributed by atoms with Crippen LogP contribution < -0.4 is 5.26 Å². The highest BCUT2D eigenvalue weighted by Gasteiger charge is 2.06. The molecule has 3 nitrogen and oxygen atoms in total. The van der Waals surface area contributed by atoms with Crippen LogP contribution in [-0.4, -0.2) is 20.0 Å². The highest BCUT2D eigenvalue weighted by Crippen LogP contribution is 1.93. The molecule has 0 N–H and O–H groups in total.